The molecule has 0 spiro atoms. The van der Waals surface area contributed by atoms with Gasteiger partial charge in [-0.05, 0) is 46.3 Å². The van der Waals surface area contributed by atoms with E-state index in [0.717, 1.165) is 0 Å². The Morgan fingerprint density at radius 1 is 1.32 bits per heavy atom. The number of halogens is 3. The summed E-state index contributed by atoms with van der Waals surface area (Å²) in [6.45, 7) is 3.65. The molecule has 3 N–H and O–H groups in total. The second kappa shape index (κ2) is 7.69. The maximum absolute atomic E-state index is 12.1. The Morgan fingerprint density at radius 2 is 1.89 bits per heavy atom. The molecule has 4 nitrogen and oxygen atoms in total. The molecule has 1 amide bonds. The average Bonchev–Trinajstić information content (AvgIpc) is 2.22. The molecule has 19 heavy (non-hydrogen) atoms. The first-order valence-corrected chi connectivity index (χ1v) is 6.41. The lowest BCUT2D eigenvalue weighted by Crippen LogP contribution is -2.53. The Hall–Kier alpha value is -0.820. The Morgan fingerprint density at radius 3 is 2.32 bits per heavy atom. The van der Waals surface area contributed by atoms with Gasteiger partial charge in [-0.3, -0.25) is 9.69 Å². The van der Waals surface area contributed by atoms with Gasteiger partial charge in [0.15, 0.2) is 0 Å². The van der Waals surface area contributed by atoms with Crippen LogP contribution in [0.2, 0.25) is 0 Å². The van der Waals surface area contributed by atoms with Gasteiger partial charge in [-0.25, -0.2) is 0 Å². The molecule has 0 radical (unpaired) electrons. The zero-order valence-electron chi connectivity index (χ0n) is 11.8. The summed E-state index contributed by atoms with van der Waals surface area (Å²) in [4.78, 5) is 12.6. The van der Waals surface area contributed by atoms with Gasteiger partial charge in [0.1, 0.15) is 0 Å². The van der Waals surface area contributed by atoms with Crippen molar-refractivity contribution in [2.75, 3.05) is 26.7 Å². The third-order valence-corrected chi connectivity index (χ3v) is 3.03. The van der Waals surface area contributed by atoms with E-state index >= 15 is 0 Å². The number of carbonyl (C=O) groups is 1. The fourth-order valence-corrected chi connectivity index (χ4v) is 1.93. The van der Waals surface area contributed by atoms with Crippen LogP contribution < -0.4 is 11.1 Å². The molecule has 114 valence electrons. The number of unbranched alkanes of at least 4 members (excludes halogenated alkanes) is 1. The van der Waals surface area contributed by atoms with Gasteiger partial charge >= 0.3 is 6.18 Å². The van der Waals surface area contributed by atoms with Gasteiger partial charge in [0, 0.05) is 0 Å². The van der Waals surface area contributed by atoms with E-state index in [0.29, 0.717) is 32.4 Å². The smallest absolute Gasteiger partial charge is 0.368 e. The maximum atomic E-state index is 12.1. The van der Waals surface area contributed by atoms with Crippen molar-refractivity contribution in [2.24, 2.45) is 5.73 Å². The zero-order valence-corrected chi connectivity index (χ0v) is 11.8. The van der Waals surface area contributed by atoms with Crippen LogP contribution in [0, 0.1) is 0 Å². The molecule has 0 saturated heterocycles. The molecule has 7 heteroatoms. The molecule has 0 aromatic heterocycles. The van der Waals surface area contributed by atoms with Crippen LogP contribution in [0.4, 0.5) is 13.2 Å². The van der Waals surface area contributed by atoms with Crippen molar-refractivity contribution in [3.05, 3.63) is 0 Å². The van der Waals surface area contributed by atoms with E-state index in [1.54, 1.807) is 6.92 Å². The minimum atomic E-state index is -4.17. The number of rotatable bonds is 9. The highest BCUT2D eigenvalue weighted by Gasteiger charge is 2.30. The van der Waals surface area contributed by atoms with Crippen LogP contribution in [0.15, 0.2) is 0 Å². The summed E-state index contributed by atoms with van der Waals surface area (Å²) in [5.41, 5.74) is 4.54. The number of hydrogen-bond acceptors (Lipinski definition) is 3. The van der Waals surface area contributed by atoms with Crippen LogP contribution in [0.5, 0.6) is 0 Å². The van der Waals surface area contributed by atoms with Gasteiger partial charge in [0.05, 0.1) is 12.1 Å². The maximum Gasteiger partial charge on any atom is 0.401 e. The number of nitrogens with two attached hydrogens (primary N) is 1. The van der Waals surface area contributed by atoms with Crippen LogP contribution in [0.25, 0.3) is 0 Å². The number of hydrogen-bond donors (Lipinski definition) is 2. The van der Waals surface area contributed by atoms with E-state index < -0.39 is 24.2 Å². The molecule has 0 aliphatic rings. The number of nitrogens with zero attached hydrogens (tertiary/aromatic N) is 1. The fourth-order valence-electron chi connectivity index (χ4n) is 1.93. The molecule has 0 fully saturated rings. The Labute approximate surface area is 112 Å². The van der Waals surface area contributed by atoms with Crippen molar-refractivity contribution >= 4 is 5.91 Å². The summed E-state index contributed by atoms with van der Waals surface area (Å²) in [6, 6.07) is 0. The summed E-state index contributed by atoms with van der Waals surface area (Å²) in [6.07, 6.45) is -2.40. The summed E-state index contributed by atoms with van der Waals surface area (Å²) < 4.78 is 36.3. The van der Waals surface area contributed by atoms with Crippen molar-refractivity contribution in [1.29, 1.82) is 0 Å². The summed E-state index contributed by atoms with van der Waals surface area (Å²) in [5, 5.41) is 3.02. The van der Waals surface area contributed by atoms with Gasteiger partial charge in [0.25, 0.3) is 0 Å². The molecule has 0 rings (SSSR count). The highest BCUT2D eigenvalue weighted by atomic mass is 19.4. The summed E-state index contributed by atoms with van der Waals surface area (Å²) in [5.74, 6) is -0.432. The van der Waals surface area contributed by atoms with E-state index in [9.17, 15) is 18.0 Å². The molecular weight excluding hydrogens is 259 g/mol. The van der Waals surface area contributed by atoms with E-state index in [2.05, 4.69) is 5.32 Å². The molecular formula is C12H24F3N3O. The Kier molecular flexibility index (Phi) is 7.36. The molecule has 1 atom stereocenters. The molecule has 0 bridgehead atoms. The van der Waals surface area contributed by atoms with Crippen molar-refractivity contribution in [2.45, 2.75) is 44.8 Å². The lowest BCUT2D eigenvalue weighted by Gasteiger charge is -2.27. The minimum absolute atomic E-state index is 0.348. The molecule has 0 saturated carbocycles. The minimum Gasteiger partial charge on any atom is -0.368 e. The van der Waals surface area contributed by atoms with Gasteiger partial charge in [0.2, 0.25) is 5.91 Å². The second-order valence-corrected chi connectivity index (χ2v) is 5.04. The monoisotopic (exact) mass is 283 g/mol. The topological polar surface area (TPSA) is 58.4 Å². The normalized spacial score (nSPS) is 15.5. The number of carbonyl (C=O) groups excluding carboxylic acids is 1. The van der Waals surface area contributed by atoms with Crippen LogP contribution in [0.1, 0.15) is 33.1 Å². The second-order valence-electron chi connectivity index (χ2n) is 5.04. The van der Waals surface area contributed by atoms with Crippen molar-refractivity contribution in [3.8, 4) is 0 Å². The number of amides is 1. The van der Waals surface area contributed by atoms with Crippen LogP contribution >= 0.6 is 0 Å². The van der Waals surface area contributed by atoms with Crippen LogP contribution in [0.3, 0.4) is 0 Å². The SMILES string of the molecule is CCNC(C)(CCCCN(C)CC(F)(F)F)C(N)=O. The van der Waals surface area contributed by atoms with E-state index in [4.69, 9.17) is 5.73 Å². The quantitative estimate of drug-likeness (QED) is 0.631. The van der Waals surface area contributed by atoms with Crippen LogP contribution in [-0.4, -0.2) is 49.2 Å². The van der Waals surface area contributed by atoms with Crippen molar-refractivity contribution in [3.63, 3.8) is 0 Å². The van der Waals surface area contributed by atoms with Gasteiger partial charge < -0.3 is 11.1 Å². The van der Waals surface area contributed by atoms with E-state index in [1.165, 1.54) is 11.9 Å². The number of primary amides is 1. The van der Waals surface area contributed by atoms with Gasteiger partial charge in [-0.15, -0.1) is 0 Å². The Balaban J connectivity index is 3.99. The fraction of sp³-hybridized carbons (Fsp3) is 0.917. The molecule has 0 heterocycles. The predicted octanol–water partition coefficient (Wildman–Crippen LogP) is 1.50. The van der Waals surface area contributed by atoms with E-state index in [1.807, 2.05) is 6.92 Å². The zero-order chi connectivity index (χ0) is 15.1. The average molecular weight is 283 g/mol. The first-order valence-electron chi connectivity index (χ1n) is 6.41. The van der Waals surface area contributed by atoms with Crippen LogP contribution in [-0.2, 0) is 4.79 Å². The summed E-state index contributed by atoms with van der Waals surface area (Å²) >= 11 is 0. The third kappa shape index (κ3) is 8.05. The first-order chi connectivity index (χ1) is 8.60. The van der Waals surface area contributed by atoms with E-state index in [-0.39, 0.29) is 0 Å². The summed E-state index contributed by atoms with van der Waals surface area (Å²) in [7, 11) is 1.44. The first kappa shape index (κ1) is 18.2. The predicted molar refractivity (Wildman–Crippen MR) is 68.7 cm³/mol. The number of alkyl halides is 3. The lowest BCUT2D eigenvalue weighted by atomic mass is 9.94. The van der Waals surface area contributed by atoms with Gasteiger partial charge in [-0.2, -0.15) is 13.2 Å². The standard InChI is InChI=1S/C12H24F3N3O/c1-4-17-11(2,10(16)19)7-5-6-8-18(3)9-12(13,14)15/h17H,4-9H2,1-3H3,(H2,16,19). The highest BCUT2D eigenvalue weighted by Crippen LogP contribution is 2.17. The largest absolute Gasteiger partial charge is 0.401 e. The number of nitrogens with one attached hydrogen (secondary N) is 1. The van der Waals surface area contributed by atoms with Crippen molar-refractivity contribution < 1.29 is 18.0 Å². The lowest BCUT2D eigenvalue weighted by molar-refractivity contribution is -0.143. The number of likely N-dealkylation sites (N-methyl/N-ethyl adjacent to an activating group) is 1. The molecule has 0 aliphatic heterocycles. The Bertz CT molecular complexity index is 284. The molecule has 0 aromatic carbocycles. The molecule has 1 unspecified atom stereocenters. The molecule has 0 aliphatic carbocycles. The van der Waals surface area contributed by atoms with Crippen molar-refractivity contribution in [1.82, 2.24) is 10.2 Å². The molecule has 0 aromatic rings. The third-order valence-electron chi connectivity index (χ3n) is 3.03. The van der Waals surface area contributed by atoms with Gasteiger partial charge in [-0.1, -0.05) is 6.92 Å². The highest BCUT2D eigenvalue weighted by molar-refractivity contribution is 5.84.